The maximum atomic E-state index is 12.9. The van der Waals surface area contributed by atoms with Crippen molar-refractivity contribution < 1.29 is 30.9 Å². The second-order valence-electron chi connectivity index (χ2n) is 5.60. The van der Waals surface area contributed by atoms with Gasteiger partial charge in [-0.1, -0.05) is 28.9 Å². The summed E-state index contributed by atoms with van der Waals surface area (Å²) >= 11 is 5.55. The first-order valence-electron chi connectivity index (χ1n) is 7.42. The van der Waals surface area contributed by atoms with E-state index in [2.05, 4.69) is 10.1 Å². The summed E-state index contributed by atoms with van der Waals surface area (Å²) in [4.78, 5) is 15.8. The van der Waals surface area contributed by atoms with Gasteiger partial charge < -0.3 is 9.09 Å². The van der Waals surface area contributed by atoms with Crippen molar-refractivity contribution in [2.75, 3.05) is 0 Å². The van der Waals surface area contributed by atoms with Crippen molar-refractivity contribution in [2.24, 2.45) is 0 Å². The molecule has 0 unspecified atom stereocenters. The van der Waals surface area contributed by atoms with Crippen LogP contribution in [0.25, 0.3) is 11.4 Å². The van der Waals surface area contributed by atoms with Crippen LogP contribution < -0.4 is 5.56 Å². The topological polar surface area (TPSA) is 60.9 Å². The van der Waals surface area contributed by atoms with Gasteiger partial charge in [-0.15, -0.1) is 0 Å². The first-order chi connectivity index (χ1) is 12.9. The molecule has 0 radical (unpaired) electrons. The molecule has 2 aromatic heterocycles. The van der Waals surface area contributed by atoms with Crippen LogP contribution in [0.5, 0.6) is 0 Å². The Morgan fingerprint density at radius 2 is 1.71 bits per heavy atom. The molecule has 3 rings (SSSR count). The minimum absolute atomic E-state index is 0.0146. The van der Waals surface area contributed by atoms with Crippen LogP contribution in [0.1, 0.15) is 17.0 Å². The number of rotatable bonds is 3. The highest BCUT2D eigenvalue weighted by Crippen LogP contribution is 2.32. The van der Waals surface area contributed by atoms with Crippen molar-refractivity contribution in [3.05, 3.63) is 68.9 Å². The number of halogens is 7. The zero-order valence-electron chi connectivity index (χ0n) is 13.5. The van der Waals surface area contributed by atoms with Crippen LogP contribution in [-0.2, 0) is 18.9 Å². The van der Waals surface area contributed by atoms with E-state index < -0.39 is 40.6 Å². The van der Waals surface area contributed by atoms with Gasteiger partial charge in [0.1, 0.15) is 11.6 Å². The molecule has 0 saturated heterocycles. The first kappa shape index (κ1) is 19.9. The first-order valence-corrected chi connectivity index (χ1v) is 7.80. The van der Waals surface area contributed by atoms with Gasteiger partial charge in [-0.3, -0.25) is 4.79 Å². The predicted molar refractivity (Wildman–Crippen MR) is 84.6 cm³/mol. The van der Waals surface area contributed by atoms with E-state index in [1.54, 1.807) is 0 Å². The molecular formula is C16H8ClF6N3O2. The van der Waals surface area contributed by atoms with Gasteiger partial charge in [-0.25, -0.2) is 0 Å². The van der Waals surface area contributed by atoms with Crippen molar-refractivity contribution in [3.63, 3.8) is 0 Å². The van der Waals surface area contributed by atoms with Gasteiger partial charge in [0.25, 0.3) is 5.56 Å². The van der Waals surface area contributed by atoms with E-state index >= 15 is 0 Å². The molecule has 0 N–H and O–H groups in total. The minimum Gasteiger partial charge on any atom is -0.337 e. The molecule has 12 heteroatoms. The Bertz CT molecular complexity index is 1070. The molecule has 2 heterocycles. The molecule has 0 aliphatic carbocycles. The highest BCUT2D eigenvalue weighted by Gasteiger charge is 2.32. The molecule has 0 aliphatic rings. The van der Waals surface area contributed by atoms with E-state index in [1.807, 2.05) is 0 Å². The molecule has 0 saturated carbocycles. The summed E-state index contributed by atoms with van der Waals surface area (Å²) in [6.45, 7) is -0.547. The van der Waals surface area contributed by atoms with Crippen LogP contribution in [0, 0.1) is 0 Å². The lowest BCUT2D eigenvalue weighted by Crippen LogP contribution is -2.23. The molecule has 5 nitrogen and oxygen atoms in total. The van der Waals surface area contributed by atoms with Gasteiger partial charge in [-0.2, -0.15) is 31.3 Å². The van der Waals surface area contributed by atoms with Crippen LogP contribution in [0.15, 0.2) is 45.8 Å². The second-order valence-corrected chi connectivity index (χ2v) is 6.01. The van der Waals surface area contributed by atoms with E-state index in [4.69, 9.17) is 16.1 Å². The van der Waals surface area contributed by atoms with Gasteiger partial charge in [0.2, 0.25) is 11.7 Å². The Hall–Kier alpha value is -2.82. The van der Waals surface area contributed by atoms with E-state index in [9.17, 15) is 31.1 Å². The standard InChI is InChI=1S/C16H8ClF6N3O2/c17-11-5-10(16(21,22)23)6-26(14(11)27)7-12-24-13(25-28-12)8-2-1-3-9(4-8)15(18,19)20/h1-6H,7H2. The van der Waals surface area contributed by atoms with Crippen LogP contribution in [0.4, 0.5) is 26.3 Å². The van der Waals surface area contributed by atoms with E-state index in [-0.39, 0.29) is 17.3 Å². The molecule has 148 valence electrons. The van der Waals surface area contributed by atoms with Crippen molar-refractivity contribution >= 4 is 11.6 Å². The average Bonchev–Trinajstić information content (AvgIpc) is 3.06. The Morgan fingerprint density at radius 1 is 1.04 bits per heavy atom. The quantitative estimate of drug-likeness (QED) is 0.576. The molecule has 0 fully saturated rings. The molecule has 0 amide bonds. The monoisotopic (exact) mass is 423 g/mol. The van der Waals surface area contributed by atoms with Crippen molar-refractivity contribution in [2.45, 2.75) is 18.9 Å². The van der Waals surface area contributed by atoms with Crippen molar-refractivity contribution in [1.82, 2.24) is 14.7 Å². The van der Waals surface area contributed by atoms with Crippen molar-refractivity contribution in [1.29, 1.82) is 0 Å². The largest absolute Gasteiger partial charge is 0.417 e. The third kappa shape index (κ3) is 4.19. The number of nitrogens with zero attached hydrogens (tertiary/aromatic N) is 3. The number of alkyl halides is 6. The van der Waals surface area contributed by atoms with Crippen LogP contribution in [-0.4, -0.2) is 14.7 Å². The highest BCUT2D eigenvalue weighted by atomic mass is 35.5. The Balaban J connectivity index is 1.93. The van der Waals surface area contributed by atoms with Crippen LogP contribution in [0.2, 0.25) is 5.02 Å². The molecular weight excluding hydrogens is 416 g/mol. The minimum atomic E-state index is -4.74. The normalized spacial score (nSPS) is 12.4. The predicted octanol–water partition coefficient (Wildman–Crippen LogP) is 4.64. The molecule has 0 aliphatic heterocycles. The summed E-state index contributed by atoms with van der Waals surface area (Å²) in [7, 11) is 0. The molecule has 0 bridgehead atoms. The lowest BCUT2D eigenvalue weighted by atomic mass is 10.1. The lowest BCUT2D eigenvalue weighted by molar-refractivity contribution is -0.138. The molecule has 0 spiro atoms. The van der Waals surface area contributed by atoms with E-state index in [0.717, 1.165) is 18.2 Å². The smallest absolute Gasteiger partial charge is 0.337 e. The maximum Gasteiger partial charge on any atom is 0.417 e. The third-order valence-corrected chi connectivity index (χ3v) is 3.86. The summed E-state index contributed by atoms with van der Waals surface area (Å²) in [5.74, 6) is -0.503. The number of hydrogen-bond donors (Lipinski definition) is 0. The van der Waals surface area contributed by atoms with Gasteiger partial charge in [0.05, 0.1) is 11.1 Å². The number of benzene rings is 1. The molecule has 28 heavy (non-hydrogen) atoms. The highest BCUT2D eigenvalue weighted by molar-refractivity contribution is 6.30. The van der Waals surface area contributed by atoms with Gasteiger partial charge in [0.15, 0.2) is 0 Å². The SMILES string of the molecule is O=c1c(Cl)cc(C(F)(F)F)cn1Cc1nc(-c2cccc(C(F)(F)F)c2)no1. The van der Waals surface area contributed by atoms with E-state index in [1.165, 1.54) is 6.07 Å². The maximum absolute atomic E-state index is 12.9. The van der Waals surface area contributed by atoms with Gasteiger partial charge in [0, 0.05) is 11.8 Å². The zero-order valence-corrected chi connectivity index (χ0v) is 14.2. The molecule has 0 atom stereocenters. The fraction of sp³-hybridized carbons (Fsp3) is 0.188. The van der Waals surface area contributed by atoms with Crippen LogP contribution in [0.3, 0.4) is 0 Å². The number of aromatic nitrogens is 3. The van der Waals surface area contributed by atoms with Crippen molar-refractivity contribution in [3.8, 4) is 11.4 Å². The Kier molecular flexibility index (Phi) is 4.96. The molecule has 3 aromatic rings. The fourth-order valence-corrected chi connectivity index (χ4v) is 2.51. The van der Waals surface area contributed by atoms with E-state index in [0.29, 0.717) is 16.8 Å². The third-order valence-electron chi connectivity index (χ3n) is 3.59. The lowest BCUT2D eigenvalue weighted by Gasteiger charge is -2.10. The van der Waals surface area contributed by atoms with Gasteiger partial charge >= 0.3 is 12.4 Å². The number of hydrogen-bond acceptors (Lipinski definition) is 4. The second kappa shape index (κ2) is 6.97. The molecule has 1 aromatic carbocycles. The summed E-state index contributed by atoms with van der Waals surface area (Å²) in [6.07, 6.45) is -8.79. The average molecular weight is 424 g/mol. The zero-order chi connectivity index (χ0) is 20.7. The summed E-state index contributed by atoms with van der Waals surface area (Å²) in [5.41, 5.74) is -3.03. The number of pyridine rings is 1. The Morgan fingerprint density at radius 3 is 2.36 bits per heavy atom. The van der Waals surface area contributed by atoms with Crippen LogP contribution >= 0.6 is 11.6 Å². The fourth-order valence-electron chi connectivity index (χ4n) is 2.29. The summed E-state index contributed by atoms with van der Waals surface area (Å²) in [6, 6.07) is 4.58. The summed E-state index contributed by atoms with van der Waals surface area (Å²) < 4.78 is 82.4. The van der Waals surface area contributed by atoms with Gasteiger partial charge in [-0.05, 0) is 18.2 Å². The summed E-state index contributed by atoms with van der Waals surface area (Å²) in [5, 5.41) is 2.85. The Labute approximate surface area is 157 Å².